The van der Waals surface area contributed by atoms with Gasteiger partial charge >= 0.3 is 5.97 Å². The number of tetrazole rings is 1. The number of aryl methyl sites for hydroxylation is 1. The number of aromatic amines is 1. The summed E-state index contributed by atoms with van der Waals surface area (Å²) in [4.78, 5) is 29.9. The maximum absolute atomic E-state index is 13.8. The Balaban J connectivity index is 1.47. The molecule has 0 saturated heterocycles. The number of unbranched alkanes of at least 4 members (excludes halogenated alkanes) is 1. The van der Waals surface area contributed by atoms with Crippen LogP contribution in [0.3, 0.4) is 0 Å². The van der Waals surface area contributed by atoms with Gasteiger partial charge in [-0.3, -0.25) is 14.2 Å². The van der Waals surface area contributed by atoms with Crippen molar-refractivity contribution in [1.82, 2.24) is 30.2 Å². The summed E-state index contributed by atoms with van der Waals surface area (Å²) in [5, 5.41) is 14.7. The number of hydrogen-bond donors (Lipinski definition) is 1. The van der Waals surface area contributed by atoms with Crippen molar-refractivity contribution in [1.29, 1.82) is 0 Å². The maximum atomic E-state index is 13.8. The van der Waals surface area contributed by atoms with Crippen LogP contribution in [0.4, 0.5) is 0 Å². The van der Waals surface area contributed by atoms with Crippen LogP contribution in [0.25, 0.3) is 33.4 Å². The van der Waals surface area contributed by atoms with E-state index in [1.807, 2.05) is 48.5 Å². The van der Waals surface area contributed by atoms with Crippen LogP contribution in [0.15, 0.2) is 71.5 Å². The molecule has 3 aromatic carbocycles. The summed E-state index contributed by atoms with van der Waals surface area (Å²) in [6.45, 7) is 5.44. The first kappa shape index (κ1) is 26.7. The van der Waals surface area contributed by atoms with E-state index in [1.54, 1.807) is 29.7 Å². The van der Waals surface area contributed by atoms with E-state index in [2.05, 4.69) is 27.5 Å². The van der Waals surface area contributed by atoms with Gasteiger partial charge in [-0.25, -0.2) is 10.1 Å². The molecule has 0 fully saturated rings. The smallest absolute Gasteiger partial charge is 0.305 e. The van der Waals surface area contributed by atoms with E-state index < -0.39 is 12.3 Å². The van der Waals surface area contributed by atoms with Crippen molar-refractivity contribution in [2.24, 2.45) is 0 Å². The molecule has 0 saturated carbocycles. The van der Waals surface area contributed by atoms with Crippen LogP contribution >= 0.6 is 0 Å². The number of aromatic nitrogens is 6. The van der Waals surface area contributed by atoms with Crippen molar-refractivity contribution in [3.63, 3.8) is 0 Å². The predicted molar refractivity (Wildman–Crippen MR) is 151 cm³/mol. The molecule has 204 valence electrons. The van der Waals surface area contributed by atoms with Crippen molar-refractivity contribution in [3.05, 3.63) is 88.5 Å². The van der Waals surface area contributed by atoms with Gasteiger partial charge in [-0.2, -0.15) is 0 Å². The molecule has 1 N–H and O–H groups in total. The molecule has 0 aliphatic heterocycles. The summed E-state index contributed by atoms with van der Waals surface area (Å²) in [6.07, 6.45) is 1.83. The number of hydrogen-bond acceptors (Lipinski definition) is 8. The summed E-state index contributed by atoms with van der Waals surface area (Å²) in [5.74, 6) is 1.33. The van der Waals surface area contributed by atoms with Gasteiger partial charge < -0.3 is 9.47 Å². The number of fused-ring (bicyclic) bond motifs is 1. The molecule has 0 spiro atoms. The molecule has 10 heteroatoms. The van der Waals surface area contributed by atoms with E-state index in [-0.39, 0.29) is 5.56 Å². The van der Waals surface area contributed by atoms with Crippen LogP contribution in [-0.4, -0.2) is 42.4 Å². The molecule has 5 rings (SSSR count). The van der Waals surface area contributed by atoms with E-state index in [4.69, 9.17) is 14.5 Å². The average molecular weight is 539 g/mol. The zero-order valence-corrected chi connectivity index (χ0v) is 22.6. The van der Waals surface area contributed by atoms with Crippen LogP contribution in [0.5, 0.6) is 5.75 Å². The fraction of sp³-hybridized carbons (Fsp3) is 0.267. The molecule has 0 aliphatic rings. The Labute approximate surface area is 231 Å². The van der Waals surface area contributed by atoms with Crippen molar-refractivity contribution in [2.45, 2.75) is 52.9 Å². The van der Waals surface area contributed by atoms with E-state index >= 15 is 0 Å². The summed E-state index contributed by atoms with van der Waals surface area (Å²) in [5.41, 5.74) is 4.34. The van der Waals surface area contributed by atoms with Crippen LogP contribution in [0, 0.1) is 0 Å². The van der Waals surface area contributed by atoms with E-state index in [0.29, 0.717) is 35.4 Å². The SMILES string of the molecule is CCCCc1nc2ccc(OC(C)OC(C)=O)cc2c(=O)n1Cc1ccc(-c2ccccc2-c2nnn[nH]2)cc1. The van der Waals surface area contributed by atoms with Gasteiger partial charge in [-0.1, -0.05) is 61.9 Å². The van der Waals surface area contributed by atoms with Gasteiger partial charge in [-0.15, -0.1) is 5.10 Å². The molecule has 0 aliphatic carbocycles. The molecule has 2 aromatic heterocycles. The van der Waals surface area contributed by atoms with Crippen molar-refractivity contribution in [3.8, 4) is 28.3 Å². The minimum Gasteiger partial charge on any atom is -0.455 e. The molecule has 5 aromatic rings. The summed E-state index contributed by atoms with van der Waals surface area (Å²) in [7, 11) is 0. The second-order valence-electron chi connectivity index (χ2n) is 9.49. The van der Waals surface area contributed by atoms with Gasteiger partial charge in [0.1, 0.15) is 11.6 Å². The lowest BCUT2D eigenvalue weighted by Crippen LogP contribution is -2.26. The Morgan fingerprint density at radius 1 is 1.05 bits per heavy atom. The average Bonchev–Trinajstić information content (AvgIpc) is 3.49. The van der Waals surface area contributed by atoms with Crippen molar-refractivity contribution >= 4 is 16.9 Å². The Bertz CT molecular complexity index is 1680. The monoisotopic (exact) mass is 538 g/mol. The molecule has 0 bridgehead atoms. The molecule has 0 amide bonds. The molecular formula is C30H30N6O4. The standard InChI is InChI=1S/C30H30N6O4/c1-4-5-10-28-31-27-16-15-23(40-20(3)39-19(2)37)17-26(27)30(38)36(28)18-21-11-13-22(14-12-21)24-8-6-7-9-25(24)29-32-34-35-33-29/h6-9,11-17,20H,4-5,10,18H2,1-3H3,(H,32,33,34,35). The van der Waals surface area contributed by atoms with Gasteiger partial charge in [0.25, 0.3) is 5.56 Å². The Hall–Kier alpha value is -4.86. The zero-order valence-electron chi connectivity index (χ0n) is 22.6. The highest BCUT2D eigenvalue weighted by Crippen LogP contribution is 2.30. The predicted octanol–water partition coefficient (Wildman–Crippen LogP) is 4.92. The topological polar surface area (TPSA) is 125 Å². The molecule has 40 heavy (non-hydrogen) atoms. The zero-order chi connectivity index (χ0) is 28.1. The largest absolute Gasteiger partial charge is 0.455 e. The molecule has 1 unspecified atom stereocenters. The van der Waals surface area contributed by atoms with E-state index in [0.717, 1.165) is 40.9 Å². The number of nitrogens with one attached hydrogen (secondary N) is 1. The molecular weight excluding hydrogens is 508 g/mol. The second kappa shape index (κ2) is 11.9. The molecule has 2 heterocycles. The van der Waals surface area contributed by atoms with Crippen molar-refractivity contribution < 1.29 is 14.3 Å². The van der Waals surface area contributed by atoms with Crippen LogP contribution in [-0.2, 0) is 22.5 Å². The number of carbonyl (C=O) groups excluding carboxylic acids is 1. The number of carbonyl (C=O) groups is 1. The highest BCUT2D eigenvalue weighted by atomic mass is 16.7. The molecule has 1 atom stereocenters. The summed E-state index contributed by atoms with van der Waals surface area (Å²) < 4.78 is 12.5. The summed E-state index contributed by atoms with van der Waals surface area (Å²) in [6, 6.07) is 21.2. The third kappa shape index (κ3) is 5.90. The highest BCUT2D eigenvalue weighted by Gasteiger charge is 2.15. The van der Waals surface area contributed by atoms with Crippen molar-refractivity contribution in [2.75, 3.05) is 0 Å². The van der Waals surface area contributed by atoms with Gasteiger partial charge in [0.05, 0.1) is 17.4 Å². The van der Waals surface area contributed by atoms with Crippen LogP contribution in [0.2, 0.25) is 0 Å². The van der Waals surface area contributed by atoms with Gasteiger partial charge in [0.2, 0.25) is 6.29 Å². The first-order valence-corrected chi connectivity index (χ1v) is 13.2. The molecule has 0 radical (unpaired) electrons. The lowest BCUT2D eigenvalue weighted by atomic mass is 9.98. The van der Waals surface area contributed by atoms with Crippen LogP contribution < -0.4 is 10.3 Å². The third-order valence-corrected chi connectivity index (χ3v) is 6.53. The highest BCUT2D eigenvalue weighted by molar-refractivity contribution is 5.81. The van der Waals surface area contributed by atoms with Crippen LogP contribution in [0.1, 0.15) is 45.0 Å². The fourth-order valence-electron chi connectivity index (χ4n) is 4.64. The number of rotatable bonds is 10. The maximum Gasteiger partial charge on any atom is 0.305 e. The lowest BCUT2D eigenvalue weighted by Gasteiger charge is -2.16. The molecule has 10 nitrogen and oxygen atoms in total. The minimum atomic E-state index is -0.780. The number of esters is 1. The number of ether oxygens (including phenoxy) is 2. The second-order valence-corrected chi connectivity index (χ2v) is 9.49. The fourth-order valence-corrected chi connectivity index (χ4v) is 4.64. The first-order chi connectivity index (χ1) is 19.4. The van der Waals surface area contributed by atoms with E-state index in [1.165, 1.54) is 6.92 Å². The first-order valence-electron chi connectivity index (χ1n) is 13.2. The quantitative estimate of drug-likeness (QED) is 0.196. The Morgan fingerprint density at radius 3 is 2.52 bits per heavy atom. The minimum absolute atomic E-state index is 0.145. The van der Waals surface area contributed by atoms with Gasteiger partial charge in [0.15, 0.2) is 5.82 Å². The summed E-state index contributed by atoms with van der Waals surface area (Å²) >= 11 is 0. The Kier molecular flexibility index (Phi) is 7.95. The van der Waals surface area contributed by atoms with Gasteiger partial charge in [0, 0.05) is 25.8 Å². The Morgan fingerprint density at radius 2 is 1.82 bits per heavy atom. The normalized spacial score (nSPS) is 11.9. The lowest BCUT2D eigenvalue weighted by molar-refractivity contribution is -0.158. The van der Waals surface area contributed by atoms with Gasteiger partial charge in [-0.05, 0) is 51.7 Å². The number of H-pyrrole nitrogens is 1. The number of benzene rings is 3. The number of nitrogens with zero attached hydrogens (tertiary/aromatic N) is 5. The van der Waals surface area contributed by atoms with E-state index in [9.17, 15) is 9.59 Å². The third-order valence-electron chi connectivity index (χ3n) is 6.53.